The number of cyclic esters (lactones) is 4. The Labute approximate surface area is 115 Å². The molecule has 2 bridgehead atoms. The van der Waals surface area contributed by atoms with Crippen LogP contribution in [0, 0.1) is 35.5 Å². The van der Waals surface area contributed by atoms with Gasteiger partial charge in [0.2, 0.25) is 0 Å². The highest BCUT2D eigenvalue weighted by Crippen LogP contribution is 2.62. The Hall–Kier alpha value is -1.76. The number of halogens is 2. The first kappa shape index (κ1) is 12.0. The molecule has 2 saturated heterocycles. The van der Waals surface area contributed by atoms with E-state index in [-0.39, 0.29) is 5.03 Å². The third-order valence-electron chi connectivity index (χ3n) is 4.63. The maximum absolute atomic E-state index is 14.3. The van der Waals surface area contributed by atoms with E-state index in [9.17, 15) is 23.6 Å². The first-order chi connectivity index (χ1) is 9.43. The molecule has 2 heterocycles. The van der Waals surface area contributed by atoms with Gasteiger partial charge in [0.05, 0.1) is 28.7 Å². The summed E-state index contributed by atoms with van der Waals surface area (Å²) in [5.41, 5.74) is 0. The van der Waals surface area contributed by atoms with Gasteiger partial charge in [0.15, 0.2) is 0 Å². The lowest BCUT2D eigenvalue weighted by Gasteiger charge is -2.45. The highest BCUT2D eigenvalue weighted by molar-refractivity contribution is 6.31. The second-order valence-corrected chi connectivity index (χ2v) is 5.74. The van der Waals surface area contributed by atoms with Crippen molar-refractivity contribution in [3.63, 3.8) is 0 Å². The minimum absolute atomic E-state index is 0.282. The van der Waals surface area contributed by atoms with E-state index in [1.165, 1.54) is 0 Å². The average Bonchev–Trinajstić information content (AvgIpc) is 2.84. The molecule has 104 valence electrons. The molecule has 4 atom stereocenters. The first-order valence-electron chi connectivity index (χ1n) is 5.99. The summed E-state index contributed by atoms with van der Waals surface area (Å²) in [4.78, 5) is 47.0. The van der Waals surface area contributed by atoms with Gasteiger partial charge < -0.3 is 9.47 Å². The minimum atomic E-state index is -1.25. The number of carbonyl (C=O) groups excluding carboxylic acids is 4. The first-order valence-corrected chi connectivity index (χ1v) is 6.37. The fourth-order valence-electron chi connectivity index (χ4n) is 3.93. The molecular weight excluding hydrogens is 295 g/mol. The largest absolute Gasteiger partial charge is 0.393 e. The van der Waals surface area contributed by atoms with E-state index in [0.29, 0.717) is 0 Å². The number of ether oxygens (including phenoxy) is 2. The molecule has 1 saturated carbocycles. The van der Waals surface area contributed by atoms with Gasteiger partial charge in [-0.2, -0.15) is 0 Å². The van der Waals surface area contributed by atoms with Crippen LogP contribution < -0.4 is 0 Å². The molecule has 0 spiro atoms. The van der Waals surface area contributed by atoms with Gasteiger partial charge in [-0.05, 0) is 0 Å². The Morgan fingerprint density at radius 1 is 0.700 bits per heavy atom. The van der Waals surface area contributed by atoms with Crippen molar-refractivity contribution in [1.82, 2.24) is 0 Å². The predicted molar refractivity (Wildman–Crippen MR) is 57.1 cm³/mol. The molecule has 0 aromatic carbocycles. The molecule has 6 nitrogen and oxygen atoms in total. The number of carbonyl (C=O) groups is 4. The number of hydrogen-bond acceptors (Lipinski definition) is 6. The molecule has 3 fully saturated rings. The Morgan fingerprint density at radius 2 is 1.05 bits per heavy atom. The van der Waals surface area contributed by atoms with Gasteiger partial charge in [0, 0.05) is 11.8 Å². The second kappa shape index (κ2) is 3.46. The van der Waals surface area contributed by atoms with Crippen molar-refractivity contribution in [1.29, 1.82) is 0 Å². The topological polar surface area (TPSA) is 86.7 Å². The van der Waals surface area contributed by atoms with E-state index in [2.05, 4.69) is 9.47 Å². The van der Waals surface area contributed by atoms with Crippen molar-refractivity contribution in [3.8, 4) is 0 Å². The normalized spacial score (nSPS) is 45.5. The Bertz CT molecular complexity index is 546. The van der Waals surface area contributed by atoms with E-state index in [0.717, 1.165) is 0 Å². The molecule has 5 rings (SSSR count). The number of esters is 4. The highest BCUT2D eigenvalue weighted by atomic mass is 35.5. The summed E-state index contributed by atoms with van der Waals surface area (Å²) in [5.74, 6) is -10.8. The van der Waals surface area contributed by atoms with Crippen LogP contribution in [0.25, 0.3) is 0 Å². The molecular formula is C12H6ClFO6. The van der Waals surface area contributed by atoms with Gasteiger partial charge in [-0.25, -0.2) is 4.39 Å². The molecule has 0 aromatic rings. The Morgan fingerprint density at radius 3 is 1.45 bits per heavy atom. The molecule has 0 aromatic heterocycles. The van der Waals surface area contributed by atoms with Gasteiger partial charge in [-0.1, -0.05) is 11.6 Å². The zero-order valence-corrected chi connectivity index (χ0v) is 10.4. The molecule has 0 radical (unpaired) electrons. The summed E-state index contributed by atoms with van der Waals surface area (Å²) < 4.78 is 23.3. The lowest BCUT2D eigenvalue weighted by Crippen LogP contribution is -2.53. The monoisotopic (exact) mass is 300 g/mol. The third kappa shape index (κ3) is 1.11. The molecule has 5 aliphatic rings. The summed E-state index contributed by atoms with van der Waals surface area (Å²) in [5, 5.41) is -0.282. The summed E-state index contributed by atoms with van der Waals surface area (Å²) in [6, 6.07) is 0. The van der Waals surface area contributed by atoms with Crippen molar-refractivity contribution >= 4 is 35.5 Å². The minimum Gasteiger partial charge on any atom is -0.393 e. The summed E-state index contributed by atoms with van der Waals surface area (Å²) >= 11 is 5.89. The lowest BCUT2D eigenvalue weighted by atomic mass is 9.54. The molecule has 0 amide bonds. The number of rotatable bonds is 0. The summed E-state index contributed by atoms with van der Waals surface area (Å²) in [7, 11) is 0. The molecule has 2 aliphatic heterocycles. The highest BCUT2D eigenvalue weighted by Gasteiger charge is 2.72. The zero-order valence-electron chi connectivity index (χ0n) is 9.67. The van der Waals surface area contributed by atoms with Crippen LogP contribution in [0.4, 0.5) is 4.39 Å². The fraction of sp³-hybridized carbons (Fsp3) is 0.500. The van der Waals surface area contributed by atoms with Crippen LogP contribution in [0.15, 0.2) is 10.9 Å². The van der Waals surface area contributed by atoms with Crippen molar-refractivity contribution in [3.05, 3.63) is 10.9 Å². The van der Waals surface area contributed by atoms with Crippen molar-refractivity contribution in [2.75, 3.05) is 0 Å². The standard InChI is InChI=1S/C12H6ClFO6/c13-7-1-3-5(11(17)19-9(3)15)2(8(7)14)6-4(1)10(16)20-12(6)18/h1-6H. The van der Waals surface area contributed by atoms with Crippen LogP contribution in [0.5, 0.6) is 0 Å². The van der Waals surface area contributed by atoms with E-state index >= 15 is 0 Å². The van der Waals surface area contributed by atoms with Crippen LogP contribution >= 0.6 is 11.6 Å². The van der Waals surface area contributed by atoms with Crippen LogP contribution in [-0.4, -0.2) is 23.9 Å². The van der Waals surface area contributed by atoms with E-state index in [1.54, 1.807) is 0 Å². The number of allylic oxidation sites excluding steroid dienone is 2. The maximum Gasteiger partial charge on any atom is 0.318 e. The van der Waals surface area contributed by atoms with Gasteiger partial charge in [-0.3, -0.25) is 19.2 Å². The molecule has 4 unspecified atom stereocenters. The summed E-state index contributed by atoms with van der Waals surface area (Å²) in [6.07, 6.45) is 0. The van der Waals surface area contributed by atoms with Crippen molar-refractivity contribution < 1.29 is 33.0 Å². The van der Waals surface area contributed by atoms with Gasteiger partial charge in [0.1, 0.15) is 5.83 Å². The van der Waals surface area contributed by atoms with Crippen LogP contribution in [0.1, 0.15) is 0 Å². The molecule has 0 N–H and O–H groups in total. The Balaban J connectivity index is 1.96. The molecule has 3 aliphatic carbocycles. The maximum atomic E-state index is 14.3. The third-order valence-corrected chi connectivity index (χ3v) is 5.06. The average molecular weight is 301 g/mol. The van der Waals surface area contributed by atoms with Crippen LogP contribution in [0.3, 0.4) is 0 Å². The van der Waals surface area contributed by atoms with Gasteiger partial charge in [0.25, 0.3) is 0 Å². The van der Waals surface area contributed by atoms with Crippen LogP contribution in [-0.2, 0) is 28.7 Å². The molecule has 20 heavy (non-hydrogen) atoms. The van der Waals surface area contributed by atoms with E-state index in [1.807, 2.05) is 0 Å². The van der Waals surface area contributed by atoms with Crippen molar-refractivity contribution in [2.45, 2.75) is 0 Å². The number of hydrogen-bond donors (Lipinski definition) is 0. The smallest absolute Gasteiger partial charge is 0.318 e. The van der Waals surface area contributed by atoms with Crippen LogP contribution in [0.2, 0.25) is 0 Å². The quantitative estimate of drug-likeness (QED) is 0.472. The van der Waals surface area contributed by atoms with E-state index in [4.69, 9.17) is 11.6 Å². The SMILES string of the molecule is O=C1OC(=O)C2C1C1C(F)=C(Cl)C2C2C(=O)OC(=O)C21. The predicted octanol–water partition coefficient (Wildman–Crippen LogP) is 0.297. The second-order valence-electron chi connectivity index (χ2n) is 5.33. The zero-order chi connectivity index (χ0) is 14.3. The molecule has 8 heteroatoms. The van der Waals surface area contributed by atoms with E-state index < -0.39 is 65.2 Å². The fourth-order valence-corrected chi connectivity index (χ4v) is 4.33. The summed E-state index contributed by atoms with van der Waals surface area (Å²) in [6.45, 7) is 0. The van der Waals surface area contributed by atoms with Gasteiger partial charge in [-0.15, -0.1) is 0 Å². The van der Waals surface area contributed by atoms with Gasteiger partial charge >= 0.3 is 23.9 Å². The Kier molecular flexibility index (Phi) is 2.08. The lowest BCUT2D eigenvalue weighted by molar-refractivity contribution is -0.154. The van der Waals surface area contributed by atoms with Crippen molar-refractivity contribution in [2.24, 2.45) is 35.5 Å².